The fraction of sp³-hybridized carbons (Fsp3) is 0.333. The Balaban J connectivity index is 2.48. The molecule has 0 amide bonds. The minimum Gasteiger partial charge on any atom is -0.390 e. The lowest BCUT2D eigenvalue weighted by atomic mass is 10.3. The molecule has 0 bridgehead atoms. The average molecular weight is 230 g/mol. The van der Waals surface area contributed by atoms with Gasteiger partial charge in [-0.05, 0) is 12.1 Å². The first-order valence-electron chi connectivity index (χ1n) is 5.45. The summed E-state index contributed by atoms with van der Waals surface area (Å²) in [6.45, 7) is 0.562. The summed E-state index contributed by atoms with van der Waals surface area (Å²) < 4.78 is 1.86. The normalized spacial score (nSPS) is 12.5. The van der Waals surface area contributed by atoms with E-state index in [0.717, 1.165) is 11.0 Å². The molecule has 3 N–H and O–H groups in total. The molecule has 1 aromatic carbocycles. The Morgan fingerprint density at radius 1 is 1.47 bits per heavy atom. The zero-order valence-corrected chi connectivity index (χ0v) is 9.37. The highest BCUT2D eigenvalue weighted by Crippen LogP contribution is 2.16. The van der Waals surface area contributed by atoms with E-state index < -0.39 is 6.10 Å². The standard InChI is InChI=1S/C12H14N4O/c13-6-5-12-15-10-3-1-2-4-11(10)16(12)8-9(17)7-14/h1-4,9,17H,5,7-8,14H2. The minimum atomic E-state index is -0.620. The van der Waals surface area contributed by atoms with Crippen LogP contribution in [0.1, 0.15) is 5.82 Å². The number of fused-ring (bicyclic) bond motifs is 1. The highest BCUT2D eigenvalue weighted by Gasteiger charge is 2.12. The van der Waals surface area contributed by atoms with E-state index in [2.05, 4.69) is 11.1 Å². The van der Waals surface area contributed by atoms with Gasteiger partial charge in [-0.1, -0.05) is 12.1 Å². The van der Waals surface area contributed by atoms with Crippen LogP contribution in [0.25, 0.3) is 11.0 Å². The molecule has 0 spiro atoms. The molecule has 1 heterocycles. The number of imidazole rings is 1. The molecule has 1 aromatic heterocycles. The van der Waals surface area contributed by atoms with Gasteiger partial charge in [0, 0.05) is 6.54 Å². The number of aliphatic hydroxyl groups is 1. The molecule has 2 rings (SSSR count). The van der Waals surface area contributed by atoms with Crippen molar-refractivity contribution in [3.05, 3.63) is 30.1 Å². The summed E-state index contributed by atoms with van der Waals surface area (Å²) in [7, 11) is 0. The van der Waals surface area contributed by atoms with Gasteiger partial charge < -0.3 is 15.4 Å². The van der Waals surface area contributed by atoms with Crippen LogP contribution >= 0.6 is 0 Å². The van der Waals surface area contributed by atoms with Crippen molar-refractivity contribution >= 4 is 11.0 Å². The number of aromatic nitrogens is 2. The zero-order chi connectivity index (χ0) is 12.3. The third-order valence-electron chi connectivity index (χ3n) is 2.64. The maximum atomic E-state index is 9.63. The van der Waals surface area contributed by atoms with E-state index in [-0.39, 0.29) is 13.0 Å². The summed E-state index contributed by atoms with van der Waals surface area (Å²) in [5.41, 5.74) is 7.16. The molecule has 17 heavy (non-hydrogen) atoms. The molecular weight excluding hydrogens is 216 g/mol. The van der Waals surface area contributed by atoms with Crippen LogP contribution in [0.15, 0.2) is 24.3 Å². The maximum Gasteiger partial charge on any atom is 0.124 e. The molecule has 0 aliphatic heterocycles. The van der Waals surface area contributed by atoms with Gasteiger partial charge in [-0.25, -0.2) is 4.98 Å². The highest BCUT2D eigenvalue weighted by atomic mass is 16.3. The molecule has 1 unspecified atom stereocenters. The monoisotopic (exact) mass is 230 g/mol. The predicted molar refractivity (Wildman–Crippen MR) is 64.1 cm³/mol. The summed E-state index contributed by atoms with van der Waals surface area (Å²) in [4.78, 5) is 4.38. The van der Waals surface area contributed by atoms with Gasteiger partial charge in [0.1, 0.15) is 5.82 Å². The highest BCUT2D eigenvalue weighted by molar-refractivity contribution is 5.76. The van der Waals surface area contributed by atoms with Crippen molar-refractivity contribution in [2.24, 2.45) is 5.73 Å². The SMILES string of the molecule is N#CCc1nc2ccccc2n1CC(O)CN. The number of para-hydroxylation sites is 2. The second-order valence-corrected chi connectivity index (χ2v) is 3.85. The first-order chi connectivity index (χ1) is 8.26. The Hall–Kier alpha value is -1.90. The molecule has 0 saturated heterocycles. The first-order valence-corrected chi connectivity index (χ1v) is 5.45. The molecule has 1 atom stereocenters. The Morgan fingerprint density at radius 2 is 2.24 bits per heavy atom. The van der Waals surface area contributed by atoms with Gasteiger partial charge in [-0.15, -0.1) is 0 Å². The van der Waals surface area contributed by atoms with Gasteiger partial charge in [0.25, 0.3) is 0 Å². The summed E-state index contributed by atoms with van der Waals surface area (Å²) in [5, 5.41) is 18.4. The second kappa shape index (κ2) is 4.95. The van der Waals surface area contributed by atoms with Crippen LogP contribution in [0.2, 0.25) is 0 Å². The first kappa shape index (κ1) is 11.6. The summed E-state index contributed by atoms with van der Waals surface area (Å²) >= 11 is 0. The lowest BCUT2D eigenvalue weighted by molar-refractivity contribution is 0.162. The van der Waals surface area contributed by atoms with E-state index in [1.165, 1.54) is 0 Å². The fourth-order valence-electron chi connectivity index (χ4n) is 1.82. The molecule has 88 valence electrons. The predicted octanol–water partition coefficient (Wildman–Crippen LogP) is 0.422. The molecule has 0 aliphatic rings. The second-order valence-electron chi connectivity index (χ2n) is 3.85. The minimum absolute atomic E-state index is 0.193. The van der Waals surface area contributed by atoms with E-state index >= 15 is 0 Å². The van der Waals surface area contributed by atoms with Gasteiger partial charge >= 0.3 is 0 Å². The molecule has 0 fully saturated rings. The van der Waals surface area contributed by atoms with Crippen LogP contribution in [0.5, 0.6) is 0 Å². The smallest absolute Gasteiger partial charge is 0.124 e. The Bertz CT molecular complexity index is 555. The number of nitrogens with zero attached hydrogens (tertiary/aromatic N) is 3. The number of benzene rings is 1. The largest absolute Gasteiger partial charge is 0.390 e. The molecule has 2 aromatic rings. The quantitative estimate of drug-likeness (QED) is 0.796. The van der Waals surface area contributed by atoms with Crippen molar-refractivity contribution in [2.45, 2.75) is 19.1 Å². The number of rotatable bonds is 4. The van der Waals surface area contributed by atoms with Crippen LogP contribution in [-0.2, 0) is 13.0 Å². The fourth-order valence-corrected chi connectivity index (χ4v) is 1.82. The number of hydrogen-bond acceptors (Lipinski definition) is 4. The molecule has 5 heteroatoms. The molecule has 0 radical (unpaired) electrons. The maximum absolute atomic E-state index is 9.63. The average Bonchev–Trinajstić information content (AvgIpc) is 2.68. The van der Waals surface area contributed by atoms with Gasteiger partial charge in [0.05, 0.1) is 36.2 Å². The van der Waals surface area contributed by atoms with Gasteiger partial charge in [-0.2, -0.15) is 5.26 Å². The van der Waals surface area contributed by atoms with Crippen molar-refractivity contribution < 1.29 is 5.11 Å². The van der Waals surface area contributed by atoms with Crippen LogP contribution in [0.3, 0.4) is 0 Å². The van der Waals surface area contributed by atoms with E-state index in [1.807, 2.05) is 28.8 Å². The third kappa shape index (κ3) is 2.28. The summed E-state index contributed by atoms with van der Waals surface area (Å²) in [6, 6.07) is 9.70. The van der Waals surface area contributed by atoms with Crippen molar-refractivity contribution in [2.75, 3.05) is 6.54 Å². The Kier molecular flexibility index (Phi) is 3.38. The topological polar surface area (TPSA) is 87.9 Å². The van der Waals surface area contributed by atoms with E-state index in [1.54, 1.807) is 0 Å². The number of nitriles is 1. The van der Waals surface area contributed by atoms with E-state index in [4.69, 9.17) is 11.0 Å². The van der Waals surface area contributed by atoms with Gasteiger partial charge in [0.15, 0.2) is 0 Å². The van der Waals surface area contributed by atoms with E-state index in [0.29, 0.717) is 12.4 Å². The molecule has 5 nitrogen and oxygen atoms in total. The molecule has 0 saturated carbocycles. The van der Waals surface area contributed by atoms with Crippen LogP contribution in [0, 0.1) is 11.3 Å². The van der Waals surface area contributed by atoms with Crippen molar-refractivity contribution in [3.63, 3.8) is 0 Å². The number of hydrogen-bond donors (Lipinski definition) is 2. The van der Waals surface area contributed by atoms with Crippen molar-refractivity contribution in [1.29, 1.82) is 5.26 Å². The van der Waals surface area contributed by atoms with Gasteiger partial charge in [0.2, 0.25) is 0 Å². The number of aliphatic hydroxyl groups excluding tert-OH is 1. The van der Waals surface area contributed by atoms with Crippen molar-refractivity contribution in [1.82, 2.24) is 9.55 Å². The molecular formula is C12H14N4O. The number of nitrogens with two attached hydrogens (primary N) is 1. The van der Waals surface area contributed by atoms with Crippen LogP contribution < -0.4 is 5.73 Å². The molecule has 0 aliphatic carbocycles. The van der Waals surface area contributed by atoms with Crippen molar-refractivity contribution in [3.8, 4) is 6.07 Å². The van der Waals surface area contributed by atoms with E-state index in [9.17, 15) is 5.11 Å². The zero-order valence-electron chi connectivity index (χ0n) is 9.37. The lowest BCUT2D eigenvalue weighted by Crippen LogP contribution is -2.26. The van der Waals surface area contributed by atoms with Crippen LogP contribution in [-0.4, -0.2) is 27.3 Å². The van der Waals surface area contributed by atoms with Gasteiger partial charge in [-0.3, -0.25) is 0 Å². The Labute approximate surface area is 99.1 Å². The third-order valence-corrected chi connectivity index (χ3v) is 2.64. The summed E-state index contributed by atoms with van der Waals surface area (Å²) in [6.07, 6.45) is -0.392. The van der Waals surface area contributed by atoms with Crippen LogP contribution in [0.4, 0.5) is 0 Å². The Morgan fingerprint density at radius 3 is 2.94 bits per heavy atom. The summed E-state index contributed by atoms with van der Waals surface area (Å²) in [5.74, 6) is 0.668. The lowest BCUT2D eigenvalue weighted by Gasteiger charge is -2.11.